The first-order chi connectivity index (χ1) is 33.7. The summed E-state index contributed by atoms with van der Waals surface area (Å²) >= 11 is 0. The van der Waals surface area contributed by atoms with Gasteiger partial charge in [0.25, 0.3) is 0 Å². The van der Waals surface area contributed by atoms with Crippen molar-refractivity contribution < 1.29 is 10.2 Å². The minimum Gasteiger partial charge on any atom is -0.505 e. The zero-order chi connectivity index (χ0) is 51.8. The monoisotopic (exact) mass is 957 g/mol. The van der Waals surface area contributed by atoms with Crippen LogP contribution in [0.1, 0.15) is 143 Å². The Morgan fingerprint density at radius 1 is 0.347 bits per heavy atom. The van der Waals surface area contributed by atoms with Crippen LogP contribution in [0.5, 0.6) is 11.5 Å². The quantitative estimate of drug-likeness (QED) is 0.126. The third kappa shape index (κ3) is 9.80. The molecule has 8 nitrogen and oxygen atoms in total. The Balaban J connectivity index is 1.04. The van der Waals surface area contributed by atoms with Crippen LogP contribution in [0.15, 0.2) is 146 Å². The average molecular weight is 957 g/mol. The topological polar surface area (TPSA) is 102 Å². The van der Waals surface area contributed by atoms with Gasteiger partial charge in [0.2, 0.25) is 0 Å². The van der Waals surface area contributed by atoms with Crippen molar-refractivity contribution in [1.82, 2.24) is 30.0 Å². The summed E-state index contributed by atoms with van der Waals surface area (Å²) in [4.78, 5) is 3.22. The Morgan fingerprint density at radius 2 is 0.667 bits per heavy atom. The summed E-state index contributed by atoms with van der Waals surface area (Å²) in [6.07, 6.45) is 1.91. The maximum atomic E-state index is 12.2. The van der Waals surface area contributed by atoms with Gasteiger partial charge in [-0.1, -0.05) is 206 Å². The predicted octanol–water partition coefficient (Wildman–Crippen LogP) is 16.0. The number of phenolic OH excluding ortho intramolecular Hbond substituents is 2. The lowest BCUT2D eigenvalue weighted by atomic mass is 9.70. The third-order valence-electron chi connectivity index (χ3n) is 14.8. The van der Waals surface area contributed by atoms with E-state index in [0.717, 1.165) is 90.5 Å². The van der Waals surface area contributed by atoms with E-state index in [2.05, 4.69) is 194 Å². The second-order valence-electron chi connectivity index (χ2n) is 25.0. The Morgan fingerprint density at radius 3 is 1.00 bits per heavy atom. The number of rotatable bonds is 12. The van der Waals surface area contributed by atoms with Gasteiger partial charge in [0.1, 0.15) is 44.9 Å². The van der Waals surface area contributed by atoms with Gasteiger partial charge in [0.05, 0.1) is 0 Å². The minimum atomic E-state index is -0.491. The van der Waals surface area contributed by atoms with Crippen molar-refractivity contribution in [2.75, 3.05) is 0 Å². The van der Waals surface area contributed by atoms with Gasteiger partial charge in [-0.2, -0.15) is 0 Å². The fraction of sp³-hybridized carbons (Fsp3) is 0.344. The molecule has 72 heavy (non-hydrogen) atoms. The molecule has 0 unspecified atom stereocenters. The molecule has 9 aromatic rings. The van der Waals surface area contributed by atoms with Gasteiger partial charge in [0, 0.05) is 22.0 Å². The Kier molecular flexibility index (Phi) is 12.4. The predicted molar refractivity (Wildman–Crippen MR) is 297 cm³/mol. The lowest BCUT2D eigenvalue weighted by Crippen LogP contribution is -2.27. The molecule has 0 spiro atoms. The zero-order valence-corrected chi connectivity index (χ0v) is 44.8. The SMILES string of the molecule is CC(C)(C)CC(C)(C)c1cc(-n2nc3ccc(-c4ccc(-c5ccc6nn(-c7cc(C(C)(C)CC(C)(C)C)cc(C(C)(C)c8ccccc8)c7O)nc6c5)cc4)cc3n2)c(O)c(C(C)(C)c2ccccc2)c1. The molecule has 0 radical (unpaired) electrons. The summed E-state index contributed by atoms with van der Waals surface area (Å²) in [5, 5.41) is 44.3. The molecule has 2 heterocycles. The molecular formula is C64H72N6O2. The van der Waals surface area contributed by atoms with Gasteiger partial charge >= 0.3 is 0 Å². The number of fused-ring (bicyclic) bond motifs is 2. The minimum absolute atomic E-state index is 0.0914. The van der Waals surface area contributed by atoms with Crippen LogP contribution in [0.3, 0.4) is 0 Å². The van der Waals surface area contributed by atoms with Gasteiger partial charge in [-0.15, -0.1) is 30.0 Å². The van der Waals surface area contributed by atoms with Gasteiger partial charge < -0.3 is 10.2 Å². The number of aromatic nitrogens is 6. The number of hydrogen-bond donors (Lipinski definition) is 2. The fourth-order valence-electron chi connectivity index (χ4n) is 11.4. The smallest absolute Gasteiger partial charge is 0.147 e. The van der Waals surface area contributed by atoms with E-state index in [-0.39, 0.29) is 33.2 Å². The molecule has 0 fully saturated rings. The third-order valence-corrected chi connectivity index (χ3v) is 14.8. The molecule has 2 N–H and O–H groups in total. The highest BCUT2D eigenvalue weighted by molar-refractivity contribution is 5.84. The van der Waals surface area contributed by atoms with E-state index in [4.69, 9.17) is 20.4 Å². The summed E-state index contributed by atoms with van der Waals surface area (Å²) < 4.78 is 0. The van der Waals surface area contributed by atoms with E-state index >= 15 is 0 Å². The van der Waals surface area contributed by atoms with Crippen LogP contribution >= 0.6 is 0 Å². The van der Waals surface area contributed by atoms with Crippen molar-refractivity contribution in [2.45, 2.75) is 131 Å². The summed E-state index contributed by atoms with van der Waals surface area (Å²) in [6, 6.07) is 50.1. The van der Waals surface area contributed by atoms with E-state index in [0.29, 0.717) is 11.4 Å². The summed E-state index contributed by atoms with van der Waals surface area (Å²) in [5.74, 6) is 0.354. The summed E-state index contributed by atoms with van der Waals surface area (Å²) in [6.45, 7) is 31.5. The zero-order valence-electron chi connectivity index (χ0n) is 44.8. The van der Waals surface area contributed by atoms with Crippen molar-refractivity contribution in [3.63, 3.8) is 0 Å². The highest BCUT2D eigenvalue weighted by Crippen LogP contribution is 2.47. The number of benzene rings is 7. The molecular weight excluding hydrogens is 885 g/mol. The van der Waals surface area contributed by atoms with Gasteiger partial charge in [-0.05, 0) is 115 Å². The number of aromatic hydroxyl groups is 2. The van der Waals surface area contributed by atoms with Gasteiger partial charge in [-0.3, -0.25) is 0 Å². The maximum absolute atomic E-state index is 12.2. The average Bonchev–Trinajstić information content (AvgIpc) is 3.94. The van der Waals surface area contributed by atoms with Crippen LogP contribution in [0, 0.1) is 10.8 Å². The van der Waals surface area contributed by atoms with Crippen molar-refractivity contribution in [3.8, 4) is 45.1 Å². The molecule has 2 aromatic heterocycles. The molecule has 0 saturated heterocycles. The van der Waals surface area contributed by atoms with Crippen molar-refractivity contribution in [2.24, 2.45) is 10.8 Å². The summed E-state index contributed by atoms with van der Waals surface area (Å²) in [7, 11) is 0. The Bertz CT molecular complexity index is 3210. The standard InChI is InChI=1S/C64H72N6O2/c1-59(2,3)39-61(7,8)47-35-49(63(11,12)45-21-17-15-18-22-45)57(71)55(37-47)69-65-51-31-29-43(33-53(51)67-69)41-25-27-42(28-26-41)44-30-32-52-54(34-44)68-70(66-52)56-38-48(62(9,10)40-60(4,5)6)36-50(58(56)72)64(13,14)46-23-19-16-20-24-46/h15-38,71-72H,39-40H2,1-14H3. The largest absolute Gasteiger partial charge is 0.505 e. The first kappa shape index (κ1) is 49.9. The van der Waals surface area contributed by atoms with Gasteiger partial charge in [-0.25, -0.2) is 0 Å². The normalized spacial score (nSPS) is 13.1. The lowest BCUT2D eigenvalue weighted by molar-refractivity contribution is 0.283. The van der Waals surface area contributed by atoms with E-state index in [1.165, 1.54) is 0 Å². The van der Waals surface area contributed by atoms with Crippen LogP contribution in [0.25, 0.3) is 55.7 Å². The van der Waals surface area contributed by atoms with Crippen LogP contribution < -0.4 is 0 Å². The molecule has 0 aliphatic rings. The number of hydrogen-bond acceptors (Lipinski definition) is 6. The van der Waals surface area contributed by atoms with Crippen LogP contribution in [-0.2, 0) is 21.7 Å². The molecule has 9 rings (SSSR count). The fourth-order valence-corrected chi connectivity index (χ4v) is 11.4. The van der Waals surface area contributed by atoms with E-state index in [1.54, 1.807) is 9.59 Å². The molecule has 7 aromatic carbocycles. The maximum Gasteiger partial charge on any atom is 0.147 e. The molecule has 0 bridgehead atoms. The van der Waals surface area contributed by atoms with E-state index < -0.39 is 10.8 Å². The number of nitrogens with zero attached hydrogens (tertiary/aromatic N) is 6. The first-order valence-corrected chi connectivity index (χ1v) is 25.4. The van der Waals surface area contributed by atoms with E-state index in [9.17, 15) is 10.2 Å². The Hall–Kier alpha value is -7.06. The molecule has 0 amide bonds. The first-order valence-electron chi connectivity index (χ1n) is 25.4. The number of phenols is 2. The van der Waals surface area contributed by atoms with Crippen molar-refractivity contribution in [1.29, 1.82) is 0 Å². The van der Waals surface area contributed by atoms with E-state index in [1.807, 2.05) is 48.5 Å². The lowest BCUT2D eigenvalue weighted by Gasteiger charge is -2.35. The van der Waals surface area contributed by atoms with Crippen LogP contribution in [0.4, 0.5) is 0 Å². The van der Waals surface area contributed by atoms with Crippen molar-refractivity contribution in [3.05, 3.63) is 179 Å². The molecule has 370 valence electrons. The second kappa shape index (κ2) is 17.9. The summed E-state index contributed by atoms with van der Waals surface area (Å²) in [5.41, 5.74) is 13.2. The highest BCUT2D eigenvalue weighted by atomic mass is 16.3. The molecule has 0 saturated carbocycles. The highest BCUT2D eigenvalue weighted by Gasteiger charge is 2.36. The van der Waals surface area contributed by atoms with Gasteiger partial charge in [0.15, 0.2) is 0 Å². The molecule has 0 aliphatic carbocycles. The van der Waals surface area contributed by atoms with Crippen molar-refractivity contribution >= 4 is 22.1 Å². The molecule has 8 heteroatoms. The molecule has 0 atom stereocenters. The second-order valence-corrected chi connectivity index (χ2v) is 25.0. The van der Waals surface area contributed by atoms with Crippen LogP contribution in [0.2, 0.25) is 0 Å². The molecule has 0 aliphatic heterocycles. The van der Waals surface area contributed by atoms with Crippen LogP contribution in [-0.4, -0.2) is 40.2 Å². The Labute approximate surface area is 426 Å².